The van der Waals surface area contributed by atoms with Crippen molar-refractivity contribution < 1.29 is 4.79 Å². The van der Waals surface area contributed by atoms with E-state index in [4.69, 9.17) is 17.3 Å². The summed E-state index contributed by atoms with van der Waals surface area (Å²) in [7, 11) is 0. The van der Waals surface area contributed by atoms with Crippen molar-refractivity contribution in [2.45, 2.75) is 31.8 Å². The van der Waals surface area contributed by atoms with Gasteiger partial charge >= 0.3 is 0 Å². The van der Waals surface area contributed by atoms with Crippen molar-refractivity contribution in [2.24, 2.45) is 5.73 Å². The first kappa shape index (κ1) is 15.3. The Balaban J connectivity index is 2.25. The number of carbonyl (C=O) groups excluding carboxylic acids is 1. The molecule has 1 aromatic carbocycles. The Bertz CT molecular complexity index is 466. The number of benzene rings is 1. The second kappa shape index (κ2) is 7.07. The van der Waals surface area contributed by atoms with Gasteiger partial charge in [-0.1, -0.05) is 30.7 Å². The van der Waals surface area contributed by atoms with Crippen LogP contribution in [-0.2, 0) is 4.79 Å². The average Bonchev–Trinajstić information content (AvgIpc) is 2.64. The Morgan fingerprint density at radius 1 is 1.45 bits per heavy atom. The largest absolute Gasteiger partial charge is 0.355 e. The molecule has 0 aliphatic carbocycles. The molecule has 20 heavy (non-hydrogen) atoms. The molecule has 0 aromatic heterocycles. The van der Waals surface area contributed by atoms with Gasteiger partial charge in [-0.05, 0) is 24.1 Å². The van der Waals surface area contributed by atoms with Crippen molar-refractivity contribution in [3.05, 3.63) is 34.9 Å². The minimum Gasteiger partial charge on any atom is -0.355 e. The highest BCUT2D eigenvalue weighted by atomic mass is 35.5. The smallest absolute Gasteiger partial charge is 0.221 e. The maximum Gasteiger partial charge on any atom is 0.221 e. The summed E-state index contributed by atoms with van der Waals surface area (Å²) in [6.45, 7) is 4.31. The van der Waals surface area contributed by atoms with Crippen molar-refractivity contribution in [2.75, 3.05) is 19.6 Å². The molecule has 1 aliphatic heterocycles. The van der Waals surface area contributed by atoms with Gasteiger partial charge in [0, 0.05) is 37.1 Å². The van der Waals surface area contributed by atoms with E-state index in [1.165, 1.54) is 0 Å². The molecule has 0 radical (unpaired) electrons. The average molecular weight is 296 g/mol. The Labute approximate surface area is 125 Å². The molecule has 1 fully saturated rings. The molecule has 1 saturated heterocycles. The van der Waals surface area contributed by atoms with Crippen molar-refractivity contribution in [3.63, 3.8) is 0 Å². The lowest BCUT2D eigenvalue weighted by atomic mass is 9.96. The number of rotatable bonds is 4. The Kier molecular flexibility index (Phi) is 5.40. The number of halogens is 1. The van der Waals surface area contributed by atoms with Crippen LogP contribution in [0.25, 0.3) is 0 Å². The number of nitrogens with one attached hydrogen (secondary N) is 1. The zero-order valence-electron chi connectivity index (χ0n) is 11.8. The normalized spacial score (nSPS) is 20.1. The van der Waals surface area contributed by atoms with Crippen LogP contribution in [0, 0.1) is 0 Å². The monoisotopic (exact) mass is 295 g/mol. The Morgan fingerprint density at radius 3 is 2.95 bits per heavy atom. The summed E-state index contributed by atoms with van der Waals surface area (Å²) in [6, 6.07) is 7.99. The van der Waals surface area contributed by atoms with Gasteiger partial charge < -0.3 is 11.1 Å². The second-order valence-electron chi connectivity index (χ2n) is 5.21. The first-order valence-electron chi connectivity index (χ1n) is 7.13. The predicted octanol–water partition coefficient (Wildman–Crippen LogP) is 1.94. The van der Waals surface area contributed by atoms with Crippen LogP contribution in [0.4, 0.5) is 0 Å². The molecular formula is C15H22ClN3O. The van der Waals surface area contributed by atoms with Gasteiger partial charge in [0.1, 0.15) is 0 Å². The minimum atomic E-state index is 0.0293. The van der Waals surface area contributed by atoms with E-state index >= 15 is 0 Å². The van der Waals surface area contributed by atoms with Crippen molar-refractivity contribution in [3.8, 4) is 0 Å². The maximum atomic E-state index is 11.5. The van der Waals surface area contributed by atoms with Crippen LogP contribution in [0.2, 0.25) is 5.02 Å². The van der Waals surface area contributed by atoms with E-state index in [9.17, 15) is 4.79 Å². The topological polar surface area (TPSA) is 58.4 Å². The summed E-state index contributed by atoms with van der Waals surface area (Å²) >= 11 is 6.11. The van der Waals surface area contributed by atoms with E-state index in [2.05, 4.69) is 23.2 Å². The third-order valence-electron chi connectivity index (χ3n) is 3.81. The Hall–Kier alpha value is -1.10. The molecule has 0 saturated carbocycles. The standard InChI is InChI=1S/C15H22ClN3O/c1-2-13(17)15(11-4-3-5-12(16)10-11)19-8-6-14(20)18-7-9-19/h3-5,10,13,15H,2,6-9,17H2,1H3,(H,18,20). The third-order valence-corrected chi connectivity index (χ3v) is 4.04. The lowest BCUT2D eigenvalue weighted by Crippen LogP contribution is -2.42. The molecule has 2 atom stereocenters. The highest BCUT2D eigenvalue weighted by molar-refractivity contribution is 6.30. The molecule has 2 rings (SSSR count). The van der Waals surface area contributed by atoms with Crippen LogP contribution in [0.5, 0.6) is 0 Å². The fourth-order valence-corrected chi connectivity index (χ4v) is 2.90. The molecule has 110 valence electrons. The maximum absolute atomic E-state index is 11.5. The number of hydrogen-bond donors (Lipinski definition) is 2. The molecule has 0 spiro atoms. The van der Waals surface area contributed by atoms with E-state index < -0.39 is 0 Å². The lowest BCUT2D eigenvalue weighted by molar-refractivity contribution is -0.120. The molecule has 1 aromatic rings. The van der Waals surface area contributed by atoms with Gasteiger partial charge in [0.2, 0.25) is 5.91 Å². The van der Waals surface area contributed by atoms with Crippen LogP contribution >= 0.6 is 11.6 Å². The van der Waals surface area contributed by atoms with Crippen LogP contribution in [0.15, 0.2) is 24.3 Å². The van der Waals surface area contributed by atoms with E-state index in [-0.39, 0.29) is 18.0 Å². The number of hydrogen-bond acceptors (Lipinski definition) is 3. The molecule has 1 heterocycles. The van der Waals surface area contributed by atoms with Crippen LogP contribution in [-0.4, -0.2) is 36.5 Å². The molecule has 4 nitrogen and oxygen atoms in total. The van der Waals surface area contributed by atoms with Gasteiger partial charge in [-0.25, -0.2) is 0 Å². The summed E-state index contributed by atoms with van der Waals surface area (Å²) in [5.74, 6) is 0.113. The van der Waals surface area contributed by atoms with Crippen molar-refractivity contribution in [1.82, 2.24) is 10.2 Å². The van der Waals surface area contributed by atoms with Crippen molar-refractivity contribution >= 4 is 17.5 Å². The van der Waals surface area contributed by atoms with Crippen LogP contribution < -0.4 is 11.1 Å². The molecule has 1 amide bonds. The molecule has 5 heteroatoms. The number of carbonyl (C=O) groups is 1. The summed E-state index contributed by atoms with van der Waals surface area (Å²) in [4.78, 5) is 13.8. The first-order valence-corrected chi connectivity index (χ1v) is 7.51. The van der Waals surface area contributed by atoms with Gasteiger partial charge in [-0.2, -0.15) is 0 Å². The number of nitrogens with zero attached hydrogens (tertiary/aromatic N) is 1. The third kappa shape index (κ3) is 3.72. The van der Waals surface area contributed by atoms with E-state index in [0.29, 0.717) is 13.0 Å². The van der Waals surface area contributed by atoms with E-state index in [1.54, 1.807) is 0 Å². The van der Waals surface area contributed by atoms with Gasteiger partial charge in [-0.3, -0.25) is 9.69 Å². The SMILES string of the molecule is CCC(N)C(c1cccc(Cl)c1)N1CCNC(=O)CC1. The summed E-state index contributed by atoms with van der Waals surface area (Å²) in [5.41, 5.74) is 7.45. The Morgan fingerprint density at radius 2 is 2.25 bits per heavy atom. The number of nitrogens with two attached hydrogens (primary N) is 1. The molecule has 3 N–H and O–H groups in total. The fraction of sp³-hybridized carbons (Fsp3) is 0.533. The highest BCUT2D eigenvalue weighted by Crippen LogP contribution is 2.27. The number of amides is 1. The molecule has 2 unspecified atom stereocenters. The summed E-state index contributed by atoms with van der Waals surface area (Å²) < 4.78 is 0. The van der Waals surface area contributed by atoms with Gasteiger partial charge in [0.15, 0.2) is 0 Å². The van der Waals surface area contributed by atoms with E-state index in [1.807, 2.05) is 18.2 Å². The second-order valence-corrected chi connectivity index (χ2v) is 5.64. The lowest BCUT2D eigenvalue weighted by Gasteiger charge is -2.34. The van der Waals surface area contributed by atoms with Gasteiger partial charge in [-0.15, -0.1) is 0 Å². The predicted molar refractivity (Wildman–Crippen MR) is 81.7 cm³/mol. The molecule has 0 bridgehead atoms. The first-order chi connectivity index (χ1) is 9.61. The summed E-state index contributed by atoms with van der Waals surface area (Å²) in [5, 5.41) is 3.62. The van der Waals surface area contributed by atoms with Gasteiger partial charge in [0.05, 0.1) is 6.04 Å². The summed E-state index contributed by atoms with van der Waals surface area (Å²) in [6.07, 6.45) is 1.41. The highest BCUT2D eigenvalue weighted by Gasteiger charge is 2.27. The van der Waals surface area contributed by atoms with Crippen LogP contribution in [0.3, 0.4) is 0 Å². The van der Waals surface area contributed by atoms with Crippen molar-refractivity contribution in [1.29, 1.82) is 0 Å². The van der Waals surface area contributed by atoms with Gasteiger partial charge in [0.25, 0.3) is 0 Å². The quantitative estimate of drug-likeness (QED) is 0.892. The minimum absolute atomic E-state index is 0.0293. The zero-order chi connectivity index (χ0) is 14.5. The zero-order valence-corrected chi connectivity index (χ0v) is 12.6. The van der Waals surface area contributed by atoms with E-state index in [0.717, 1.165) is 30.1 Å². The molecule has 1 aliphatic rings. The molecular weight excluding hydrogens is 274 g/mol. The fourth-order valence-electron chi connectivity index (χ4n) is 2.71. The van der Waals surface area contributed by atoms with Crippen LogP contribution in [0.1, 0.15) is 31.4 Å².